The topological polar surface area (TPSA) is 90.0 Å². The second-order valence-electron chi connectivity index (χ2n) is 6.50. The van der Waals surface area contributed by atoms with E-state index in [1.807, 2.05) is 6.07 Å². The molecule has 1 unspecified atom stereocenters. The first-order valence-electron chi connectivity index (χ1n) is 8.63. The molecule has 1 N–H and O–H groups in total. The van der Waals surface area contributed by atoms with Crippen LogP contribution in [-0.2, 0) is 19.1 Å². The fourth-order valence-electron chi connectivity index (χ4n) is 3.44. The molecule has 0 aliphatic carbocycles. The Morgan fingerprint density at radius 3 is 2.60 bits per heavy atom. The molecule has 1 aromatic heterocycles. The van der Waals surface area contributed by atoms with Gasteiger partial charge >= 0.3 is 0 Å². The van der Waals surface area contributed by atoms with Crippen molar-refractivity contribution in [3.8, 4) is 5.75 Å². The maximum atomic E-state index is 11.7. The SMILES string of the molecule is O=C1CCC(Oc2ccc(N3CCC4(CC3)OCCO4)nc2)C(=O)N1. The van der Waals surface area contributed by atoms with E-state index in [4.69, 9.17) is 14.2 Å². The van der Waals surface area contributed by atoms with Crippen LogP contribution in [0.2, 0.25) is 0 Å². The normalized spacial score (nSPS) is 25.9. The third kappa shape index (κ3) is 3.45. The van der Waals surface area contributed by atoms with Crippen molar-refractivity contribution in [3.63, 3.8) is 0 Å². The van der Waals surface area contributed by atoms with E-state index in [-0.39, 0.29) is 5.91 Å². The van der Waals surface area contributed by atoms with Gasteiger partial charge in [-0.1, -0.05) is 0 Å². The number of rotatable bonds is 3. The highest BCUT2D eigenvalue weighted by Crippen LogP contribution is 2.33. The molecule has 134 valence electrons. The largest absolute Gasteiger partial charge is 0.479 e. The number of ether oxygens (including phenoxy) is 3. The van der Waals surface area contributed by atoms with E-state index in [0.29, 0.717) is 31.8 Å². The number of anilines is 1. The molecule has 4 heterocycles. The number of nitrogens with one attached hydrogen (secondary N) is 1. The molecule has 8 nitrogen and oxygen atoms in total. The predicted octanol–water partition coefficient (Wildman–Crippen LogP) is 0.609. The van der Waals surface area contributed by atoms with Gasteiger partial charge < -0.3 is 19.1 Å². The van der Waals surface area contributed by atoms with Gasteiger partial charge in [0.15, 0.2) is 11.9 Å². The maximum absolute atomic E-state index is 11.7. The molecule has 1 atom stereocenters. The summed E-state index contributed by atoms with van der Waals surface area (Å²) < 4.78 is 17.1. The monoisotopic (exact) mass is 347 g/mol. The van der Waals surface area contributed by atoms with Gasteiger partial charge in [-0.3, -0.25) is 14.9 Å². The van der Waals surface area contributed by atoms with E-state index in [9.17, 15) is 9.59 Å². The summed E-state index contributed by atoms with van der Waals surface area (Å²) in [5.41, 5.74) is 0. The van der Waals surface area contributed by atoms with Gasteiger partial charge in [-0.05, 0) is 12.1 Å². The standard InChI is InChI=1S/C17H21N3O5/c21-15-4-2-13(16(22)19-15)25-12-1-3-14(18-11-12)20-7-5-17(6-8-20)23-9-10-24-17/h1,3,11,13H,2,4-10H2,(H,19,21,22). The van der Waals surface area contributed by atoms with Crippen LogP contribution in [0.15, 0.2) is 18.3 Å². The van der Waals surface area contributed by atoms with Crippen LogP contribution in [0.4, 0.5) is 5.82 Å². The number of hydrogen-bond acceptors (Lipinski definition) is 7. The highest BCUT2D eigenvalue weighted by Gasteiger charge is 2.40. The Labute approximate surface area is 145 Å². The second kappa shape index (κ2) is 6.61. The lowest BCUT2D eigenvalue weighted by Gasteiger charge is -2.38. The average molecular weight is 347 g/mol. The van der Waals surface area contributed by atoms with Crippen molar-refractivity contribution in [2.24, 2.45) is 0 Å². The van der Waals surface area contributed by atoms with Crippen molar-refractivity contribution < 1.29 is 23.8 Å². The lowest BCUT2D eigenvalue weighted by molar-refractivity contribution is -0.169. The first kappa shape index (κ1) is 16.3. The molecule has 1 spiro atoms. The molecule has 0 saturated carbocycles. The quantitative estimate of drug-likeness (QED) is 0.801. The van der Waals surface area contributed by atoms with Gasteiger partial charge in [0.25, 0.3) is 5.91 Å². The smallest absolute Gasteiger partial charge is 0.267 e. The zero-order chi connectivity index (χ0) is 17.3. The summed E-state index contributed by atoms with van der Waals surface area (Å²) in [5, 5.41) is 2.28. The van der Waals surface area contributed by atoms with Crippen LogP contribution >= 0.6 is 0 Å². The third-order valence-electron chi connectivity index (χ3n) is 4.85. The van der Waals surface area contributed by atoms with Gasteiger partial charge in [0, 0.05) is 38.8 Å². The minimum atomic E-state index is -0.642. The fraction of sp³-hybridized carbons (Fsp3) is 0.588. The number of piperidine rings is 2. The van der Waals surface area contributed by atoms with E-state index in [1.54, 1.807) is 12.3 Å². The Morgan fingerprint density at radius 2 is 1.96 bits per heavy atom. The van der Waals surface area contributed by atoms with Gasteiger partial charge in [0.1, 0.15) is 11.6 Å². The zero-order valence-corrected chi connectivity index (χ0v) is 13.9. The van der Waals surface area contributed by atoms with E-state index >= 15 is 0 Å². The number of hydrogen-bond donors (Lipinski definition) is 1. The predicted molar refractivity (Wildman–Crippen MR) is 87.1 cm³/mol. The average Bonchev–Trinajstić information content (AvgIpc) is 3.07. The summed E-state index contributed by atoms with van der Waals surface area (Å²) in [5.74, 6) is 0.345. The minimum absolute atomic E-state index is 0.253. The first-order chi connectivity index (χ1) is 12.1. The van der Waals surface area contributed by atoms with Crippen LogP contribution in [0.1, 0.15) is 25.7 Å². The number of amides is 2. The Bertz CT molecular complexity index is 647. The molecule has 3 aliphatic rings. The highest BCUT2D eigenvalue weighted by atomic mass is 16.7. The summed E-state index contributed by atoms with van der Waals surface area (Å²) in [6.07, 6.45) is 3.30. The zero-order valence-electron chi connectivity index (χ0n) is 13.9. The summed E-state index contributed by atoms with van der Waals surface area (Å²) >= 11 is 0. The second-order valence-corrected chi connectivity index (χ2v) is 6.50. The molecule has 0 radical (unpaired) electrons. The molecule has 8 heteroatoms. The first-order valence-corrected chi connectivity index (χ1v) is 8.63. The van der Waals surface area contributed by atoms with Crippen molar-refractivity contribution in [2.75, 3.05) is 31.2 Å². The third-order valence-corrected chi connectivity index (χ3v) is 4.85. The van der Waals surface area contributed by atoms with E-state index in [2.05, 4.69) is 15.2 Å². The number of carbonyl (C=O) groups excluding carboxylic acids is 2. The van der Waals surface area contributed by atoms with Crippen molar-refractivity contribution in [1.29, 1.82) is 0 Å². The number of carbonyl (C=O) groups is 2. The Kier molecular flexibility index (Phi) is 4.30. The fourth-order valence-corrected chi connectivity index (χ4v) is 3.44. The summed E-state index contributed by atoms with van der Waals surface area (Å²) in [6, 6.07) is 3.69. The van der Waals surface area contributed by atoms with Gasteiger partial charge in [0.2, 0.25) is 5.91 Å². The van der Waals surface area contributed by atoms with Crippen LogP contribution in [0.5, 0.6) is 5.75 Å². The van der Waals surface area contributed by atoms with Gasteiger partial charge in [-0.15, -0.1) is 0 Å². The molecular formula is C17H21N3O5. The molecule has 3 aliphatic heterocycles. The number of imide groups is 1. The van der Waals surface area contributed by atoms with E-state index in [0.717, 1.165) is 31.7 Å². The minimum Gasteiger partial charge on any atom is -0.479 e. The van der Waals surface area contributed by atoms with Crippen LogP contribution in [-0.4, -0.2) is 55.0 Å². The Balaban J connectivity index is 1.34. The van der Waals surface area contributed by atoms with E-state index in [1.165, 1.54) is 0 Å². The molecular weight excluding hydrogens is 326 g/mol. The molecule has 25 heavy (non-hydrogen) atoms. The van der Waals surface area contributed by atoms with Crippen molar-refractivity contribution in [3.05, 3.63) is 18.3 Å². The lowest BCUT2D eigenvalue weighted by atomic mass is 10.0. The van der Waals surface area contributed by atoms with Crippen molar-refractivity contribution in [1.82, 2.24) is 10.3 Å². The molecule has 1 aromatic rings. The number of aromatic nitrogens is 1. The molecule has 0 bridgehead atoms. The number of nitrogens with zero attached hydrogens (tertiary/aromatic N) is 2. The van der Waals surface area contributed by atoms with Gasteiger partial charge in [-0.2, -0.15) is 0 Å². The maximum Gasteiger partial charge on any atom is 0.267 e. The molecule has 0 aromatic carbocycles. The van der Waals surface area contributed by atoms with Gasteiger partial charge in [-0.25, -0.2) is 4.98 Å². The molecule has 3 fully saturated rings. The highest BCUT2D eigenvalue weighted by molar-refractivity contribution is 5.99. The summed E-state index contributed by atoms with van der Waals surface area (Å²) in [6.45, 7) is 2.98. The molecule has 4 rings (SSSR count). The summed E-state index contributed by atoms with van der Waals surface area (Å²) in [4.78, 5) is 29.5. The molecule has 2 amide bonds. The van der Waals surface area contributed by atoms with Crippen LogP contribution in [0.3, 0.4) is 0 Å². The number of pyridine rings is 1. The molecule has 3 saturated heterocycles. The Morgan fingerprint density at radius 1 is 1.20 bits per heavy atom. The van der Waals surface area contributed by atoms with Crippen molar-refractivity contribution >= 4 is 17.6 Å². The van der Waals surface area contributed by atoms with Crippen LogP contribution in [0.25, 0.3) is 0 Å². The van der Waals surface area contributed by atoms with Crippen LogP contribution < -0.4 is 15.0 Å². The lowest BCUT2D eigenvalue weighted by Crippen LogP contribution is -2.46. The van der Waals surface area contributed by atoms with Crippen LogP contribution in [0, 0.1) is 0 Å². The van der Waals surface area contributed by atoms with E-state index < -0.39 is 17.8 Å². The van der Waals surface area contributed by atoms with Crippen molar-refractivity contribution in [2.45, 2.75) is 37.6 Å². The Hall–Kier alpha value is -2.19. The summed E-state index contributed by atoms with van der Waals surface area (Å²) in [7, 11) is 0. The van der Waals surface area contributed by atoms with Gasteiger partial charge in [0.05, 0.1) is 19.4 Å².